The first-order valence-corrected chi connectivity index (χ1v) is 4.38. The lowest BCUT2D eigenvalue weighted by Crippen LogP contribution is -2.31. The molecule has 2 rings (SSSR count). The van der Waals surface area contributed by atoms with Gasteiger partial charge in [0, 0.05) is 19.3 Å². The van der Waals surface area contributed by atoms with Gasteiger partial charge in [0.25, 0.3) is 5.91 Å². The van der Waals surface area contributed by atoms with Crippen LogP contribution in [-0.4, -0.2) is 33.8 Å². The number of aliphatic hydroxyl groups is 1. The van der Waals surface area contributed by atoms with Crippen molar-refractivity contribution in [2.45, 2.75) is 13.0 Å². The molecule has 0 radical (unpaired) electrons. The smallest absolute Gasteiger partial charge is 0.272 e. The molecule has 4 nitrogen and oxygen atoms in total. The summed E-state index contributed by atoms with van der Waals surface area (Å²) in [7, 11) is 0. The van der Waals surface area contributed by atoms with Crippen molar-refractivity contribution in [2.75, 3.05) is 13.3 Å². The highest BCUT2D eigenvalue weighted by Gasteiger charge is 2.20. The van der Waals surface area contributed by atoms with Gasteiger partial charge in [-0.2, -0.15) is 0 Å². The second kappa shape index (κ2) is 3.22. The number of carbonyl (C=O) groups is 1. The maximum atomic E-state index is 11.7. The maximum absolute atomic E-state index is 11.7. The zero-order chi connectivity index (χ0) is 9.26. The van der Waals surface area contributed by atoms with Crippen LogP contribution in [0.15, 0.2) is 18.3 Å². The zero-order valence-electron chi connectivity index (χ0n) is 7.31. The van der Waals surface area contributed by atoms with E-state index in [1.807, 2.05) is 16.8 Å². The predicted molar refractivity (Wildman–Crippen MR) is 47.2 cm³/mol. The lowest BCUT2D eigenvalue weighted by atomic mass is 10.4. The van der Waals surface area contributed by atoms with E-state index in [4.69, 9.17) is 5.11 Å². The van der Waals surface area contributed by atoms with Gasteiger partial charge in [0.2, 0.25) is 0 Å². The Kier molecular flexibility index (Phi) is 2.06. The van der Waals surface area contributed by atoms with E-state index in [-0.39, 0.29) is 12.6 Å². The van der Waals surface area contributed by atoms with Crippen LogP contribution in [0.4, 0.5) is 0 Å². The summed E-state index contributed by atoms with van der Waals surface area (Å²) in [6.45, 7) is 1.30. The van der Waals surface area contributed by atoms with Crippen LogP contribution in [0.3, 0.4) is 0 Å². The summed E-state index contributed by atoms with van der Waals surface area (Å²) in [5, 5.41) is 8.95. The minimum Gasteiger partial charge on any atom is -0.376 e. The van der Waals surface area contributed by atoms with Crippen LogP contribution in [0.2, 0.25) is 0 Å². The number of aryl methyl sites for hydroxylation is 1. The van der Waals surface area contributed by atoms with Crippen LogP contribution >= 0.6 is 0 Å². The highest BCUT2D eigenvalue weighted by molar-refractivity contribution is 5.92. The number of hydrogen-bond donors (Lipinski definition) is 1. The van der Waals surface area contributed by atoms with Crippen molar-refractivity contribution >= 4 is 5.91 Å². The van der Waals surface area contributed by atoms with Crippen LogP contribution in [0.5, 0.6) is 0 Å². The van der Waals surface area contributed by atoms with Gasteiger partial charge in [0.1, 0.15) is 12.4 Å². The second-order valence-corrected chi connectivity index (χ2v) is 3.15. The minimum absolute atomic E-state index is 0.0787. The van der Waals surface area contributed by atoms with E-state index in [9.17, 15) is 4.79 Å². The molecule has 0 spiro atoms. The van der Waals surface area contributed by atoms with Gasteiger partial charge in [0.05, 0.1) is 0 Å². The van der Waals surface area contributed by atoms with Gasteiger partial charge in [-0.15, -0.1) is 0 Å². The molecule has 1 aromatic heterocycles. The Bertz CT molecular complexity index is 319. The Morgan fingerprint density at radius 1 is 1.46 bits per heavy atom. The quantitative estimate of drug-likeness (QED) is 0.675. The average molecular weight is 180 g/mol. The number of hydrogen-bond acceptors (Lipinski definition) is 2. The molecule has 13 heavy (non-hydrogen) atoms. The molecule has 1 aromatic rings. The third-order valence-electron chi connectivity index (χ3n) is 2.33. The maximum Gasteiger partial charge on any atom is 0.272 e. The molecule has 70 valence electrons. The third kappa shape index (κ3) is 1.33. The van der Waals surface area contributed by atoms with Gasteiger partial charge in [-0.25, -0.2) is 0 Å². The summed E-state index contributed by atoms with van der Waals surface area (Å²) in [5.41, 5.74) is 0.673. The number of aliphatic hydroxyl groups excluding tert-OH is 1. The molecule has 0 saturated heterocycles. The van der Waals surface area contributed by atoms with Crippen LogP contribution in [0.25, 0.3) is 0 Å². The second-order valence-electron chi connectivity index (χ2n) is 3.15. The number of fused-ring (bicyclic) bond motifs is 1. The average Bonchev–Trinajstić information content (AvgIpc) is 2.54. The van der Waals surface area contributed by atoms with Crippen LogP contribution in [0.1, 0.15) is 16.9 Å². The molecule has 2 heterocycles. The molecule has 1 aliphatic rings. The summed E-state index contributed by atoms with van der Waals surface area (Å²) in [5.74, 6) is -0.0787. The first-order valence-electron chi connectivity index (χ1n) is 4.38. The van der Waals surface area contributed by atoms with Gasteiger partial charge in [-0.1, -0.05) is 0 Å². The normalized spacial score (nSPS) is 17.0. The first-order chi connectivity index (χ1) is 6.33. The molecule has 0 atom stereocenters. The highest BCUT2D eigenvalue weighted by atomic mass is 16.3. The van der Waals surface area contributed by atoms with Crippen molar-refractivity contribution in [3.63, 3.8) is 0 Å². The van der Waals surface area contributed by atoms with E-state index in [2.05, 4.69) is 0 Å². The molecular weight excluding hydrogens is 168 g/mol. The van der Waals surface area contributed by atoms with E-state index in [0.29, 0.717) is 12.2 Å². The highest BCUT2D eigenvalue weighted by Crippen LogP contribution is 2.12. The standard InChI is InChI=1S/C9H12N2O2/c12-7-11-6-2-5-10-4-1-3-8(10)9(11)13/h1,3-4,12H,2,5-7H2. The lowest BCUT2D eigenvalue weighted by Gasteiger charge is -2.15. The van der Waals surface area contributed by atoms with E-state index >= 15 is 0 Å². The molecular formula is C9H12N2O2. The summed E-state index contributed by atoms with van der Waals surface area (Å²) >= 11 is 0. The summed E-state index contributed by atoms with van der Waals surface area (Å²) in [6.07, 6.45) is 2.79. The fraction of sp³-hybridized carbons (Fsp3) is 0.444. The van der Waals surface area contributed by atoms with Gasteiger partial charge < -0.3 is 14.6 Å². The van der Waals surface area contributed by atoms with Crippen molar-refractivity contribution in [2.24, 2.45) is 0 Å². The third-order valence-corrected chi connectivity index (χ3v) is 2.33. The fourth-order valence-corrected chi connectivity index (χ4v) is 1.63. The monoisotopic (exact) mass is 180 g/mol. The van der Waals surface area contributed by atoms with Gasteiger partial charge in [-0.3, -0.25) is 4.79 Å². The van der Waals surface area contributed by atoms with Crippen molar-refractivity contribution in [1.82, 2.24) is 9.47 Å². The topological polar surface area (TPSA) is 45.5 Å². The number of amides is 1. The predicted octanol–water partition coefficient (Wildman–Crippen LogP) is 0.284. The molecule has 0 aromatic carbocycles. The molecule has 1 aliphatic heterocycles. The molecule has 1 amide bonds. The van der Waals surface area contributed by atoms with Gasteiger partial charge >= 0.3 is 0 Å². The number of nitrogens with zero attached hydrogens (tertiary/aromatic N) is 2. The van der Waals surface area contributed by atoms with Crippen molar-refractivity contribution < 1.29 is 9.90 Å². The van der Waals surface area contributed by atoms with Crippen LogP contribution in [0, 0.1) is 0 Å². The molecule has 0 fully saturated rings. The summed E-state index contributed by atoms with van der Waals surface area (Å²) in [4.78, 5) is 13.1. The van der Waals surface area contributed by atoms with E-state index < -0.39 is 0 Å². The zero-order valence-corrected chi connectivity index (χ0v) is 7.31. The largest absolute Gasteiger partial charge is 0.376 e. The Morgan fingerprint density at radius 2 is 2.31 bits per heavy atom. The number of carbonyl (C=O) groups excluding carboxylic acids is 1. The van der Waals surface area contributed by atoms with Crippen LogP contribution in [-0.2, 0) is 6.54 Å². The summed E-state index contributed by atoms with van der Waals surface area (Å²) in [6, 6.07) is 3.64. The van der Waals surface area contributed by atoms with Crippen molar-refractivity contribution in [1.29, 1.82) is 0 Å². The van der Waals surface area contributed by atoms with E-state index in [0.717, 1.165) is 13.0 Å². The molecule has 4 heteroatoms. The Labute approximate surface area is 76.4 Å². The lowest BCUT2D eigenvalue weighted by molar-refractivity contribution is 0.0560. The molecule has 1 N–H and O–H groups in total. The van der Waals surface area contributed by atoms with E-state index in [1.54, 1.807) is 6.07 Å². The Hall–Kier alpha value is -1.29. The van der Waals surface area contributed by atoms with Crippen LogP contribution < -0.4 is 0 Å². The molecule has 0 saturated carbocycles. The van der Waals surface area contributed by atoms with Crippen molar-refractivity contribution in [3.8, 4) is 0 Å². The molecule has 0 bridgehead atoms. The van der Waals surface area contributed by atoms with Crippen molar-refractivity contribution in [3.05, 3.63) is 24.0 Å². The van der Waals surface area contributed by atoms with Gasteiger partial charge in [0.15, 0.2) is 0 Å². The SMILES string of the molecule is O=C1c2cccn2CCCN1CO. The minimum atomic E-state index is -0.190. The Morgan fingerprint density at radius 3 is 3.08 bits per heavy atom. The van der Waals surface area contributed by atoms with Gasteiger partial charge in [-0.05, 0) is 18.6 Å². The van der Waals surface area contributed by atoms with E-state index in [1.165, 1.54) is 4.90 Å². The fourth-order valence-electron chi connectivity index (χ4n) is 1.63. The molecule has 0 aliphatic carbocycles. The number of aromatic nitrogens is 1. The summed E-state index contributed by atoms with van der Waals surface area (Å²) < 4.78 is 1.93. The Balaban J connectivity index is 2.34. The molecule has 0 unspecified atom stereocenters. The number of rotatable bonds is 1. The first kappa shape index (κ1) is 8.31.